The summed E-state index contributed by atoms with van der Waals surface area (Å²) in [4.78, 5) is 0. The summed E-state index contributed by atoms with van der Waals surface area (Å²) >= 11 is 1.48. The van der Waals surface area contributed by atoms with E-state index in [1.165, 1.54) is 55.8 Å². The van der Waals surface area contributed by atoms with Crippen LogP contribution < -0.4 is 3.27 Å². The molecule has 107 valence electrons. The first kappa shape index (κ1) is 18.4. The second-order valence-electron chi connectivity index (χ2n) is 4.72. The molecule has 1 aromatic carbocycles. The van der Waals surface area contributed by atoms with Crippen molar-refractivity contribution >= 4 is 28.1 Å². The van der Waals surface area contributed by atoms with Crippen LogP contribution in [0.4, 0.5) is 0 Å². The van der Waals surface area contributed by atoms with Crippen LogP contribution in [0, 0.1) is 0 Å². The third kappa shape index (κ3) is 3.59. The van der Waals surface area contributed by atoms with Crippen LogP contribution >= 0.6 is 24.8 Å². The molecule has 0 atom stereocenters. The van der Waals surface area contributed by atoms with E-state index in [1.54, 1.807) is 0 Å². The van der Waals surface area contributed by atoms with Crippen molar-refractivity contribution in [3.05, 3.63) is 66.2 Å². The molecule has 0 fully saturated rings. The molecule has 2 aliphatic carbocycles. The van der Waals surface area contributed by atoms with Crippen LogP contribution in [0.1, 0.15) is 12.5 Å². The first-order valence-electron chi connectivity index (χ1n) is 6.63. The fourth-order valence-corrected chi connectivity index (χ4v) is 3.37. The average Bonchev–Trinajstić information content (AvgIpc) is 2.69. The number of hydrogen-bond acceptors (Lipinski definition) is 0. The number of halogens is 2. The summed E-state index contributed by atoms with van der Waals surface area (Å²) in [6.07, 6.45) is 1.07. The van der Waals surface area contributed by atoms with Crippen LogP contribution in [0.25, 0.3) is 22.3 Å². The van der Waals surface area contributed by atoms with Crippen molar-refractivity contribution in [3.8, 4) is 22.3 Å². The van der Waals surface area contributed by atoms with Crippen molar-refractivity contribution in [2.24, 2.45) is 0 Å². The van der Waals surface area contributed by atoms with Gasteiger partial charge in [-0.05, 0) is 0 Å². The molecule has 0 radical (unpaired) electrons. The molecule has 0 spiro atoms. The summed E-state index contributed by atoms with van der Waals surface area (Å²) in [6.45, 7) is 2.22. The van der Waals surface area contributed by atoms with Gasteiger partial charge in [-0.1, -0.05) is 0 Å². The maximum atomic E-state index is 2.26. The van der Waals surface area contributed by atoms with Gasteiger partial charge >= 0.3 is 130 Å². The van der Waals surface area contributed by atoms with Crippen molar-refractivity contribution in [2.45, 2.75) is 13.3 Å². The minimum absolute atomic E-state index is 0. The van der Waals surface area contributed by atoms with Gasteiger partial charge in [-0.15, -0.1) is 24.8 Å². The van der Waals surface area contributed by atoms with E-state index in [-0.39, 0.29) is 24.8 Å². The van der Waals surface area contributed by atoms with Gasteiger partial charge in [0.05, 0.1) is 0 Å². The van der Waals surface area contributed by atoms with Gasteiger partial charge in [-0.3, -0.25) is 0 Å². The molecule has 0 aliphatic heterocycles. The van der Waals surface area contributed by atoms with Crippen molar-refractivity contribution < 1.29 is 24.7 Å². The maximum Gasteiger partial charge on any atom is -0.147 e. The number of benzene rings is 1. The van der Waals surface area contributed by atoms with Gasteiger partial charge in [-0.25, -0.2) is 0 Å². The monoisotopic (exact) mass is 393 g/mol. The number of rotatable bonds is 2. The van der Waals surface area contributed by atoms with E-state index in [9.17, 15) is 0 Å². The Morgan fingerprint density at radius 3 is 1.86 bits per heavy atom. The Hall–Kier alpha value is -0.617. The Balaban J connectivity index is 0.00000110. The summed E-state index contributed by atoms with van der Waals surface area (Å²) in [5.74, 6) is 0. The van der Waals surface area contributed by atoms with Crippen molar-refractivity contribution in [1.29, 1.82) is 0 Å². The van der Waals surface area contributed by atoms with Crippen LogP contribution in [0.15, 0.2) is 60.7 Å². The fourth-order valence-electron chi connectivity index (χ4n) is 2.63. The summed E-state index contributed by atoms with van der Waals surface area (Å²) in [5, 5.41) is 0. The smallest absolute Gasteiger partial charge is 0.147 e. The zero-order valence-corrected chi connectivity index (χ0v) is 15.9. The van der Waals surface area contributed by atoms with Crippen LogP contribution in [-0.4, -0.2) is 0 Å². The van der Waals surface area contributed by atoms with Gasteiger partial charge in [0.15, 0.2) is 0 Å². The Morgan fingerprint density at radius 2 is 1.19 bits per heavy atom. The molecule has 0 heterocycles. The largest absolute Gasteiger partial charge is 0.147 e. The minimum Gasteiger partial charge on any atom is -0.147 e. The third-order valence-corrected chi connectivity index (χ3v) is 4.68. The molecule has 3 heteroatoms. The summed E-state index contributed by atoms with van der Waals surface area (Å²) < 4.78 is 1.44. The molecule has 0 bridgehead atoms. The first-order chi connectivity index (χ1) is 9.31. The molecule has 0 amide bonds. The van der Waals surface area contributed by atoms with Gasteiger partial charge < -0.3 is 0 Å². The summed E-state index contributed by atoms with van der Waals surface area (Å²) in [6, 6.07) is 22.0. The second-order valence-corrected chi connectivity index (χ2v) is 6.04. The van der Waals surface area contributed by atoms with Gasteiger partial charge in [0, 0.05) is 0 Å². The number of fused-ring (bicyclic) bond motifs is 1. The van der Waals surface area contributed by atoms with Crippen LogP contribution in [0.5, 0.6) is 0 Å². The summed E-state index contributed by atoms with van der Waals surface area (Å²) in [7, 11) is 0. The Kier molecular flexibility index (Phi) is 7.14. The van der Waals surface area contributed by atoms with E-state index in [4.69, 9.17) is 0 Å². The van der Waals surface area contributed by atoms with Gasteiger partial charge in [-0.2, -0.15) is 0 Å². The zero-order valence-electron chi connectivity index (χ0n) is 11.8. The van der Waals surface area contributed by atoms with E-state index < -0.39 is 0 Å². The summed E-state index contributed by atoms with van der Waals surface area (Å²) in [5.41, 5.74) is 6.90. The third-order valence-electron chi connectivity index (χ3n) is 3.61. The zero-order chi connectivity index (χ0) is 13.2. The molecule has 3 rings (SSSR count). The molecular weight excluding hydrogens is 378 g/mol. The molecule has 0 saturated heterocycles. The number of aryl methyl sites for hydroxylation is 1. The predicted molar refractivity (Wildman–Crippen MR) is 92.0 cm³/mol. The molecule has 0 nitrogen and oxygen atoms in total. The van der Waals surface area contributed by atoms with Crippen molar-refractivity contribution in [3.63, 3.8) is 0 Å². The molecule has 1 aromatic rings. The molecular formula is C18H17Cl2Zr. The van der Waals surface area contributed by atoms with E-state index in [0.717, 1.165) is 6.42 Å². The molecule has 2 aliphatic rings. The van der Waals surface area contributed by atoms with E-state index in [2.05, 4.69) is 67.6 Å². The van der Waals surface area contributed by atoms with Crippen LogP contribution in [-0.2, 0) is 31.1 Å². The molecule has 21 heavy (non-hydrogen) atoms. The van der Waals surface area contributed by atoms with Gasteiger partial charge in [0.25, 0.3) is 0 Å². The molecule has 0 N–H and O–H groups in total. The Bertz CT molecular complexity index is 695. The van der Waals surface area contributed by atoms with Crippen LogP contribution in [0.2, 0.25) is 0 Å². The first-order valence-corrected chi connectivity index (χ1v) is 7.86. The van der Waals surface area contributed by atoms with E-state index >= 15 is 0 Å². The van der Waals surface area contributed by atoms with Gasteiger partial charge in [0.1, 0.15) is 0 Å². The molecule has 0 saturated carbocycles. The Labute approximate surface area is 154 Å². The predicted octanol–water partition coefficient (Wildman–Crippen LogP) is 5.04. The van der Waals surface area contributed by atoms with Crippen LogP contribution in [0.3, 0.4) is 0 Å². The van der Waals surface area contributed by atoms with E-state index in [1.807, 2.05) is 0 Å². The van der Waals surface area contributed by atoms with Gasteiger partial charge in [0.2, 0.25) is 0 Å². The quantitative estimate of drug-likeness (QED) is 0.571. The average molecular weight is 395 g/mol. The van der Waals surface area contributed by atoms with Crippen molar-refractivity contribution in [1.82, 2.24) is 0 Å². The fraction of sp³-hybridized carbons (Fsp3) is 0.111. The normalized spacial score (nSPS) is 9.71. The van der Waals surface area contributed by atoms with E-state index in [0.29, 0.717) is 0 Å². The topological polar surface area (TPSA) is 0 Å². The minimum atomic E-state index is 0. The number of hydrogen-bond donors (Lipinski definition) is 0. The van der Waals surface area contributed by atoms with Crippen molar-refractivity contribution in [2.75, 3.05) is 0 Å². The molecule has 0 unspecified atom stereocenters. The SMILES string of the molecule is CCc1ccccc1-c1ccccc2[c]([Zr])ccc1-2.Cl.Cl. The standard InChI is InChI=1S/C18H15.2ClH.Zr/c1-2-14-8-3-5-11-16(14)18-12-6-4-9-15-10-7-13-17(15)18;;;/h3-9,11-13H,2H2,1H3;2*1H;. The molecule has 0 aromatic heterocycles. The maximum absolute atomic E-state index is 2.26. The Morgan fingerprint density at radius 1 is 0.667 bits per heavy atom. The second kappa shape index (κ2) is 8.13.